The SMILES string of the molecule is Cc1cccc(-c2nccc(Nc3ccnc(Nc4ccc(NS(=O)(=O)C5CCNC5)cc4)n3)n2)n1. The van der Waals surface area contributed by atoms with Gasteiger partial charge in [-0.05, 0) is 68.4 Å². The molecule has 0 radical (unpaired) electrons. The number of hydrogen-bond donors (Lipinski definition) is 4. The van der Waals surface area contributed by atoms with Crippen LogP contribution in [0, 0.1) is 6.92 Å². The maximum Gasteiger partial charge on any atom is 0.236 e. The van der Waals surface area contributed by atoms with Crippen molar-refractivity contribution in [3.63, 3.8) is 0 Å². The molecule has 1 unspecified atom stereocenters. The van der Waals surface area contributed by atoms with Crippen molar-refractivity contribution in [2.75, 3.05) is 28.4 Å². The van der Waals surface area contributed by atoms with E-state index in [0.29, 0.717) is 60.0 Å². The molecule has 3 aromatic heterocycles. The predicted octanol–water partition coefficient (Wildman–Crippen LogP) is 3.23. The topological polar surface area (TPSA) is 147 Å². The van der Waals surface area contributed by atoms with E-state index in [1.807, 2.05) is 25.1 Å². The van der Waals surface area contributed by atoms with Gasteiger partial charge in [-0.3, -0.25) is 4.72 Å². The minimum atomic E-state index is -3.42. The van der Waals surface area contributed by atoms with Gasteiger partial charge in [0.1, 0.15) is 17.3 Å². The second-order valence-corrected chi connectivity index (χ2v) is 10.2. The Bertz CT molecular complexity index is 1460. The molecular weight excluding hydrogens is 478 g/mol. The zero-order valence-electron chi connectivity index (χ0n) is 19.5. The third kappa shape index (κ3) is 5.73. The van der Waals surface area contributed by atoms with E-state index in [0.717, 1.165) is 5.69 Å². The van der Waals surface area contributed by atoms with Crippen LogP contribution in [0.1, 0.15) is 12.1 Å². The maximum atomic E-state index is 12.5. The third-order valence-corrected chi connectivity index (χ3v) is 7.34. The van der Waals surface area contributed by atoms with Crippen molar-refractivity contribution >= 4 is 39.0 Å². The molecule has 11 nitrogen and oxygen atoms in total. The van der Waals surface area contributed by atoms with Crippen LogP contribution in [0.2, 0.25) is 0 Å². The van der Waals surface area contributed by atoms with Gasteiger partial charge in [-0.15, -0.1) is 0 Å². The van der Waals surface area contributed by atoms with Gasteiger partial charge >= 0.3 is 0 Å². The normalized spacial score (nSPS) is 15.4. The molecule has 1 fully saturated rings. The number of sulfonamides is 1. The summed E-state index contributed by atoms with van der Waals surface area (Å²) in [5.74, 6) is 2.00. The van der Waals surface area contributed by atoms with E-state index in [2.05, 4.69) is 45.6 Å². The maximum absolute atomic E-state index is 12.5. The summed E-state index contributed by atoms with van der Waals surface area (Å²) in [6.45, 7) is 3.10. The molecule has 1 aliphatic heterocycles. The molecular formula is C24H25N9O2S. The van der Waals surface area contributed by atoms with Crippen LogP contribution in [0.15, 0.2) is 67.0 Å². The van der Waals surface area contributed by atoms with E-state index in [1.165, 1.54) is 0 Å². The molecule has 4 N–H and O–H groups in total. The lowest BCUT2D eigenvalue weighted by Gasteiger charge is -2.13. The number of nitrogens with zero attached hydrogens (tertiary/aromatic N) is 5. The van der Waals surface area contributed by atoms with Crippen LogP contribution >= 0.6 is 0 Å². The van der Waals surface area contributed by atoms with Crippen LogP contribution in [-0.2, 0) is 10.0 Å². The van der Waals surface area contributed by atoms with Gasteiger partial charge in [0.2, 0.25) is 16.0 Å². The Balaban J connectivity index is 1.25. The summed E-state index contributed by atoms with van der Waals surface area (Å²) in [6.07, 6.45) is 3.89. The van der Waals surface area contributed by atoms with Crippen molar-refractivity contribution in [2.24, 2.45) is 0 Å². The lowest BCUT2D eigenvalue weighted by Crippen LogP contribution is -2.29. The Kier molecular flexibility index (Phi) is 6.69. The van der Waals surface area contributed by atoms with Crippen molar-refractivity contribution in [2.45, 2.75) is 18.6 Å². The smallest absolute Gasteiger partial charge is 0.236 e. The molecule has 36 heavy (non-hydrogen) atoms. The van der Waals surface area contributed by atoms with Gasteiger partial charge in [-0.1, -0.05) is 6.07 Å². The summed E-state index contributed by atoms with van der Waals surface area (Å²) in [6, 6.07) is 16.1. The first-order valence-corrected chi connectivity index (χ1v) is 13.0. The number of nitrogens with one attached hydrogen (secondary N) is 4. The monoisotopic (exact) mass is 503 g/mol. The Labute approximate surface area is 208 Å². The Morgan fingerprint density at radius 3 is 2.36 bits per heavy atom. The molecule has 1 saturated heterocycles. The van der Waals surface area contributed by atoms with Crippen molar-refractivity contribution in [1.82, 2.24) is 30.2 Å². The fourth-order valence-electron chi connectivity index (χ4n) is 3.73. The Morgan fingerprint density at radius 2 is 1.61 bits per heavy atom. The van der Waals surface area contributed by atoms with Gasteiger partial charge in [-0.25, -0.2) is 28.4 Å². The first-order chi connectivity index (χ1) is 17.4. The average molecular weight is 504 g/mol. The molecule has 12 heteroatoms. The molecule has 0 spiro atoms. The average Bonchev–Trinajstić information content (AvgIpc) is 3.42. The standard InChI is InChI=1S/C24H25N9O2S/c1-16-3-2-4-20(28-16)23-26-13-10-21(31-23)30-22-11-14-27-24(32-22)29-17-5-7-18(8-6-17)33-36(34,35)19-9-12-25-15-19/h2-8,10-11,13-14,19,25,33H,9,12,15H2,1H3,(H2,26,27,29,30,31,32). The zero-order chi connectivity index (χ0) is 25.0. The molecule has 0 amide bonds. The number of pyridine rings is 1. The summed E-state index contributed by atoms with van der Waals surface area (Å²) in [5, 5.41) is 8.95. The molecule has 4 aromatic rings. The third-order valence-electron chi connectivity index (χ3n) is 5.54. The number of aromatic nitrogens is 5. The van der Waals surface area contributed by atoms with Gasteiger partial charge in [0.25, 0.3) is 0 Å². The number of anilines is 5. The van der Waals surface area contributed by atoms with Crippen LogP contribution in [-0.4, -0.2) is 51.7 Å². The fourth-order valence-corrected chi connectivity index (χ4v) is 5.13. The number of benzene rings is 1. The Hall–Kier alpha value is -4.16. The van der Waals surface area contributed by atoms with Crippen LogP contribution in [0.4, 0.5) is 29.0 Å². The van der Waals surface area contributed by atoms with Crippen molar-refractivity contribution in [3.05, 3.63) is 72.7 Å². The van der Waals surface area contributed by atoms with Crippen LogP contribution < -0.4 is 20.7 Å². The van der Waals surface area contributed by atoms with Crippen molar-refractivity contribution in [3.8, 4) is 11.5 Å². The van der Waals surface area contributed by atoms with Crippen LogP contribution in [0.5, 0.6) is 0 Å². The van der Waals surface area contributed by atoms with E-state index >= 15 is 0 Å². The van der Waals surface area contributed by atoms with Gasteiger partial charge in [0.05, 0.1) is 5.25 Å². The van der Waals surface area contributed by atoms with Gasteiger partial charge < -0.3 is 16.0 Å². The first-order valence-electron chi connectivity index (χ1n) is 11.4. The van der Waals surface area contributed by atoms with Gasteiger partial charge in [-0.2, -0.15) is 4.98 Å². The molecule has 1 atom stereocenters. The summed E-state index contributed by atoms with van der Waals surface area (Å²) >= 11 is 0. The highest BCUT2D eigenvalue weighted by atomic mass is 32.2. The highest BCUT2D eigenvalue weighted by Crippen LogP contribution is 2.21. The largest absolute Gasteiger partial charge is 0.325 e. The van der Waals surface area contributed by atoms with E-state index in [-0.39, 0.29) is 0 Å². The van der Waals surface area contributed by atoms with E-state index in [1.54, 1.807) is 48.8 Å². The minimum absolute atomic E-state index is 0.375. The fraction of sp³-hybridized carbons (Fsp3) is 0.208. The lowest BCUT2D eigenvalue weighted by molar-refractivity contribution is 0.588. The predicted molar refractivity (Wildman–Crippen MR) is 139 cm³/mol. The van der Waals surface area contributed by atoms with Crippen molar-refractivity contribution < 1.29 is 8.42 Å². The van der Waals surface area contributed by atoms with Gasteiger partial charge in [0.15, 0.2) is 5.82 Å². The highest BCUT2D eigenvalue weighted by molar-refractivity contribution is 7.93. The summed E-state index contributed by atoms with van der Waals surface area (Å²) in [5.41, 5.74) is 2.80. The van der Waals surface area contributed by atoms with E-state index in [9.17, 15) is 8.42 Å². The summed E-state index contributed by atoms with van der Waals surface area (Å²) in [4.78, 5) is 22.1. The molecule has 4 heterocycles. The van der Waals surface area contributed by atoms with Gasteiger partial charge in [0, 0.05) is 36.0 Å². The number of rotatable bonds is 8. The molecule has 1 aliphatic rings. The first kappa shape index (κ1) is 23.6. The van der Waals surface area contributed by atoms with Crippen molar-refractivity contribution in [1.29, 1.82) is 0 Å². The van der Waals surface area contributed by atoms with Crippen LogP contribution in [0.3, 0.4) is 0 Å². The summed E-state index contributed by atoms with van der Waals surface area (Å²) in [7, 11) is -3.42. The molecule has 1 aromatic carbocycles. The minimum Gasteiger partial charge on any atom is -0.325 e. The quantitative estimate of drug-likeness (QED) is 0.282. The second kappa shape index (κ2) is 10.2. The van der Waals surface area contributed by atoms with E-state index in [4.69, 9.17) is 0 Å². The molecule has 5 rings (SSSR count). The summed E-state index contributed by atoms with van der Waals surface area (Å²) < 4.78 is 27.6. The molecule has 184 valence electrons. The highest BCUT2D eigenvalue weighted by Gasteiger charge is 2.28. The number of hydrogen-bond acceptors (Lipinski definition) is 10. The lowest BCUT2D eigenvalue weighted by atomic mass is 10.3. The molecule has 0 aliphatic carbocycles. The zero-order valence-corrected chi connectivity index (χ0v) is 20.3. The Morgan fingerprint density at radius 1 is 0.861 bits per heavy atom. The van der Waals surface area contributed by atoms with E-state index < -0.39 is 15.3 Å². The molecule has 0 saturated carbocycles. The van der Waals surface area contributed by atoms with Crippen LogP contribution in [0.25, 0.3) is 11.5 Å². The number of aryl methyl sites for hydroxylation is 1. The molecule has 0 bridgehead atoms. The second-order valence-electron chi connectivity index (χ2n) is 8.28.